The van der Waals surface area contributed by atoms with Crippen LogP contribution in [0.15, 0.2) is 96.2 Å². The van der Waals surface area contributed by atoms with E-state index in [1.165, 1.54) is 56.4 Å². The van der Waals surface area contributed by atoms with E-state index in [0.717, 1.165) is 43.2 Å². The van der Waals surface area contributed by atoms with E-state index in [1.54, 1.807) is 42.5 Å². The number of hydrogen-bond acceptors (Lipinski definition) is 11. The summed E-state index contributed by atoms with van der Waals surface area (Å²) in [6.07, 6.45) is 17.6. The number of aliphatic hydroxyl groups is 2. The molecule has 0 bridgehead atoms. The van der Waals surface area contributed by atoms with Crippen LogP contribution < -0.4 is 14.8 Å². The molecule has 0 aromatic heterocycles. The molecule has 2 amide bonds. The van der Waals surface area contributed by atoms with Gasteiger partial charge < -0.3 is 39.5 Å². The Balaban J connectivity index is 1.52. The van der Waals surface area contributed by atoms with Crippen molar-refractivity contribution in [1.82, 2.24) is 10.2 Å². The molecular formula is C56H75FN4O10. The molecule has 1 fully saturated rings. The van der Waals surface area contributed by atoms with Crippen LogP contribution in [0.3, 0.4) is 0 Å². The van der Waals surface area contributed by atoms with E-state index in [4.69, 9.17) is 24.2 Å². The van der Waals surface area contributed by atoms with Gasteiger partial charge in [0.25, 0.3) is 5.69 Å². The van der Waals surface area contributed by atoms with E-state index in [9.17, 15) is 29.5 Å². The standard InChI is InChI=1S/C56H75FN4O10/c1-4-7-8-9-10-11-12-13-14-21-52(64)60(38-40-22-26-43(57)27-23-40)51-37-49(59-69-39-41-24-28-44(29-25-41)61(66)67)47-35-42(19-15-17-32-62)46(20-16-18-33-63)53-48-36-45(70-55(65)58-6-3)30-31-50(48)71-56(51,54(47)53)68-34-5-2/h5,22-31,35-36,42,46,51,53-54,62-63H,2,4,6-21,32-34,37-39H2,1,3H3,(H,58,65). The summed E-state index contributed by atoms with van der Waals surface area (Å²) in [5.74, 6) is -2.35. The van der Waals surface area contributed by atoms with Crippen molar-refractivity contribution < 1.29 is 48.2 Å². The van der Waals surface area contributed by atoms with Gasteiger partial charge in [0.1, 0.15) is 30.0 Å². The van der Waals surface area contributed by atoms with Gasteiger partial charge in [-0.25, -0.2) is 9.18 Å². The lowest BCUT2D eigenvalue weighted by Crippen LogP contribution is -2.70. The zero-order valence-electron chi connectivity index (χ0n) is 41.7. The van der Waals surface area contributed by atoms with Crippen LogP contribution in [0, 0.1) is 33.7 Å². The minimum Gasteiger partial charge on any atom is -0.459 e. The Morgan fingerprint density at radius 1 is 0.915 bits per heavy atom. The molecule has 71 heavy (non-hydrogen) atoms. The van der Waals surface area contributed by atoms with Gasteiger partial charge in [-0.05, 0) is 110 Å². The Labute approximate surface area is 418 Å². The summed E-state index contributed by atoms with van der Waals surface area (Å²) in [7, 11) is 0. The number of nitro groups is 1. The minimum atomic E-state index is -1.55. The first-order valence-electron chi connectivity index (χ1n) is 26.0. The highest BCUT2D eigenvalue weighted by atomic mass is 19.1. The van der Waals surface area contributed by atoms with Gasteiger partial charge >= 0.3 is 6.09 Å². The molecule has 3 aromatic rings. The first kappa shape index (κ1) is 54.7. The molecule has 6 atom stereocenters. The second-order valence-corrected chi connectivity index (χ2v) is 19.1. The molecule has 3 aliphatic rings. The lowest BCUT2D eigenvalue weighted by molar-refractivity contribution is -0.384. The number of ether oxygens (including phenoxy) is 3. The summed E-state index contributed by atoms with van der Waals surface area (Å²) in [6.45, 7) is 8.70. The largest absolute Gasteiger partial charge is 0.459 e. The number of benzene rings is 3. The maximum Gasteiger partial charge on any atom is 0.412 e. The molecule has 1 aliphatic heterocycles. The smallest absolute Gasteiger partial charge is 0.412 e. The number of allylic oxidation sites excluding steroid dienone is 1. The highest BCUT2D eigenvalue weighted by Gasteiger charge is 2.65. The molecule has 386 valence electrons. The zero-order valence-corrected chi connectivity index (χ0v) is 41.7. The third-order valence-electron chi connectivity index (χ3n) is 14.2. The summed E-state index contributed by atoms with van der Waals surface area (Å²) in [5.41, 5.74) is 3.53. The number of hydrogen-bond donors (Lipinski definition) is 3. The number of unbranched alkanes of at least 4 members (excludes halogenated alkanes) is 10. The number of amides is 2. The van der Waals surface area contributed by atoms with Gasteiger partial charge in [0, 0.05) is 62.8 Å². The van der Waals surface area contributed by atoms with Crippen LogP contribution in [0.25, 0.3) is 0 Å². The Bertz CT molecular complexity index is 2250. The Morgan fingerprint density at radius 2 is 1.59 bits per heavy atom. The summed E-state index contributed by atoms with van der Waals surface area (Å²) >= 11 is 0. The van der Waals surface area contributed by atoms with Gasteiger partial charge in [-0.2, -0.15) is 0 Å². The van der Waals surface area contributed by atoms with Gasteiger partial charge in [0.05, 0.1) is 23.2 Å². The number of carbonyl (C=O) groups excluding carboxylic acids is 2. The number of non-ortho nitro benzene ring substituents is 1. The fraction of sp³-hybridized carbons (Fsp3) is 0.554. The zero-order chi connectivity index (χ0) is 50.6. The van der Waals surface area contributed by atoms with E-state index >= 15 is 4.79 Å². The van der Waals surface area contributed by atoms with E-state index < -0.39 is 34.6 Å². The number of carbonyl (C=O) groups is 2. The quantitative estimate of drug-likeness (QED) is 0.0252. The Morgan fingerprint density at radius 3 is 2.25 bits per heavy atom. The van der Waals surface area contributed by atoms with Crippen LogP contribution in [0.4, 0.5) is 14.9 Å². The second kappa shape index (κ2) is 27.8. The van der Waals surface area contributed by atoms with Crippen LogP contribution in [0.1, 0.15) is 146 Å². The van der Waals surface area contributed by atoms with Gasteiger partial charge in [-0.3, -0.25) is 14.9 Å². The summed E-state index contributed by atoms with van der Waals surface area (Å²) in [5, 5.41) is 39.1. The lowest BCUT2D eigenvalue weighted by atomic mass is 9.55. The fourth-order valence-electron chi connectivity index (χ4n) is 10.8. The SMILES string of the molecule is C=CCOC12Oc3ccc(OC(=O)NCC)cc3C3C(CCCCO)C(CCCCO)C=C(C(=NOCc4ccc([N+](=O)[O-])cc4)CC1N(Cc1ccc(F)cc1)C(=O)CCCCCCCCCCC)C32. The molecule has 1 saturated carbocycles. The van der Waals surface area contributed by atoms with Crippen molar-refractivity contribution in [3.05, 3.63) is 124 Å². The van der Waals surface area contributed by atoms with Gasteiger partial charge in [-0.1, -0.05) is 101 Å². The molecule has 6 rings (SSSR count). The minimum absolute atomic E-state index is 0.00599. The first-order valence-corrected chi connectivity index (χ1v) is 26.0. The van der Waals surface area contributed by atoms with Gasteiger partial charge in [-0.15, -0.1) is 6.58 Å². The second-order valence-electron chi connectivity index (χ2n) is 19.1. The van der Waals surface area contributed by atoms with E-state index in [2.05, 4.69) is 24.9 Å². The molecule has 15 heteroatoms. The van der Waals surface area contributed by atoms with Crippen LogP contribution in [-0.2, 0) is 27.5 Å². The third-order valence-corrected chi connectivity index (χ3v) is 14.2. The molecule has 0 saturated heterocycles. The molecule has 2 aliphatic carbocycles. The highest BCUT2D eigenvalue weighted by Crippen LogP contribution is 2.62. The number of nitro benzene ring substituents is 1. The predicted molar refractivity (Wildman–Crippen MR) is 271 cm³/mol. The monoisotopic (exact) mass is 983 g/mol. The molecule has 0 radical (unpaired) electrons. The molecule has 0 spiro atoms. The van der Waals surface area contributed by atoms with Crippen molar-refractivity contribution in [2.24, 2.45) is 22.9 Å². The molecule has 3 aromatic carbocycles. The number of fused-ring (bicyclic) bond motifs is 2. The summed E-state index contributed by atoms with van der Waals surface area (Å²) in [4.78, 5) is 47.1. The molecule has 6 unspecified atom stereocenters. The average Bonchev–Trinajstić information content (AvgIpc) is 3.36. The normalized spacial score (nSPS) is 21.6. The molecule has 3 N–H and O–H groups in total. The molecule has 14 nitrogen and oxygen atoms in total. The van der Waals surface area contributed by atoms with Crippen molar-refractivity contribution >= 4 is 23.4 Å². The number of rotatable bonds is 30. The van der Waals surface area contributed by atoms with Crippen molar-refractivity contribution in [3.63, 3.8) is 0 Å². The van der Waals surface area contributed by atoms with Crippen molar-refractivity contribution in [1.29, 1.82) is 0 Å². The number of halogens is 1. The molecule has 1 heterocycles. The van der Waals surface area contributed by atoms with Gasteiger partial charge in [0.2, 0.25) is 11.7 Å². The van der Waals surface area contributed by atoms with Gasteiger partial charge in [0.15, 0.2) is 0 Å². The predicted octanol–water partition coefficient (Wildman–Crippen LogP) is 11.6. The van der Waals surface area contributed by atoms with E-state index in [0.29, 0.717) is 67.0 Å². The highest BCUT2D eigenvalue weighted by molar-refractivity contribution is 6.03. The maximum atomic E-state index is 15.2. The summed E-state index contributed by atoms with van der Waals surface area (Å²) in [6, 6.07) is 16.8. The average molecular weight is 983 g/mol. The van der Waals surface area contributed by atoms with E-state index in [1.807, 2.05) is 17.9 Å². The Kier molecular flexibility index (Phi) is 21.4. The van der Waals surface area contributed by atoms with Crippen molar-refractivity contribution in [2.75, 3.05) is 26.4 Å². The van der Waals surface area contributed by atoms with Crippen molar-refractivity contribution in [2.45, 2.75) is 154 Å². The fourth-order valence-corrected chi connectivity index (χ4v) is 10.8. The van der Waals surface area contributed by atoms with Crippen LogP contribution in [-0.4, -0.2) is 75.9 Å². The van der Waals surface area contributed by atoms with Crippen LogP contribution in [0.2, 0.25) is 0 Å². The van der Waals surface area contributed by atoms with Crippen molar-refractivity contribution in [3.8, 4) is 11.5 Å². The van der Waals surface area contributed by atoms with E-state index in [-0.39, 0.29) is 75.2 Å². The van der Waals surface area contributed by atoms with Crippen LogP contribution in [0.5, 0.6) is 11.5 Å². The topological polar surface area (TPSA) is 182 Å². The summed E-state index contributed by atoms with van der Waals surface area (Å²) < 4.78 is 34.9. The first-order chi connectivity index (χ1) is 34.6. The maximum absolute atomic E-state index is 15.2. The number of nitrogens with zero attached hydrogens (tertiary/aromatic N) is 3. The Hall–Kier alpha value is -5.64. The lowest BCUT2D eigenvalue weighted by Gasteiger charge is -2.60. The number of oxime groups is 1. The number of aliphatic hydroxyl groups excluding tert-OH is 2. The third kappa shape index (κ3) is 14.5. The molecular weight excluding hydrogens is 908 g/mol. The van der Waals surface area contributed by atoms with Crippen LogP contribution >= 0.6 is 0 Å². The number of nitrogens with one attached hydrogen (secondary N) is 1.